The van der Waals surface area contributed by atoms with Gasteiger partial charge in [-0.25, -0.2) is 0 Å². The molecule has 7 aromatic rings. The van der Waals surface area contributed by atoms with Gasteiger partial charge >= 0.3 is 0 Å². The van der Waals surface area contributed by atoms with E-state index < -0.39 is 0 Å². The zero-order chi connectivity index (χ0) is 44.4. The van der Waals surface area contributed by atoms with Crippen molar-refractivity contribution in [3.63, 3.8) is 0 Å². The van der Waals surface area contributed by atoms with E-state index in [9.17, 15) is 0 Å². The summed E-state index contributed by atoms with van der Waals surface area (Å²) in [5, 5.41) is 0. The topological polar surface area (TPSA) is 3.24 Å². The summed E-state index contributed by atoms with van der Waals surface area (Å²) in [6, 6.07) is 56.7. The molecule has 3 aliphatic carbocycles. The van der Waals surface area contributed by atoms with Crippen molar-refractivity contribution >= 4 is 17.1 Å². The second-order valence-corrected chi connectivity index (χ2v) is 22.0. The van der Waals surface area contributed by atoms with E-state index in [-0.39, 0.29) is 16.2 Å². The Morgan fingerprint density at radius 3 is 1.62 bits per heavy atom. The van der Waals surface area contributed by atoms with Crippen LogP contribution in [0.15, 0.2) is 146 Å². The molecule has 0 unspecified atom stereocenters. The lowest BCUT2D eigenvalue weighted by Gasteiger charge is -2.29. The van der Waals surface area contributed by atoms with E-state index in [1.54, 1.807) is 0 Å². The number of rotatable bonds is 7. The van der Waals surface area contributed by atoms with Crippen LogP contribution in [0.2, 0.25) is 0 Å². The van der Waals surface area contributed by atoms with Gasteiger partial charge in [-0.05, 0) is 181 Å². The lowest BCUT2D eigenvalue weighted by atomic mass is 9.78. The second kappa shape index (κ2) is 16.4. The van der Waals surface area contributed by atoms with E-state index in [4.69, 9.17) is 0 Å². The van der Waals surface area contributed by atoms with Crippen molar-refractivity contribution in [2.75, 3.05) is 4.90 Å². The Morgan fingerprint density at radius 1 is 0.438 bits per heavy atom. The van der Waals surface area contributed by atoms with Gasteiger partial charge in [-0.3, -0.25) is 0 Å². The van der Waals surface area contributed by atoms with Crippen LogP contribution in [0, 0.1) is 0 Å². The van der Waals surface area contributed by atoms with Crippen LogP contribution in [0.1, 0.15) is 145 Å². The average molecular weight is 838 g/mol. The van der Waals surface area contributed by atoms with Crippen molar-refractivity contribution in [3.8, 4) is 44.5 Å². The van der Waals surface area contributed by atoms with Gasteiger partial charge < -0.3 is 4.90 Å². The molecule has 324 valence electrons. The molecule has 7 aromatic carbocycles. The molecular weight excluding hydrogens is 771 g/mol. The average Bonchev–Trinajstić information content (AvgIpc) is 3.54. The van der Waals surface area contributed by atoms with E-state index in [1.807, 2.05) is 0 Å². The Hall–Kier alpha value is -5.66. The van der Waals surface area contributed by atoms with Crippen molar-refractivity contribution in [1.82, 2.24) is 0 Å². The van der Waals surface area contributed by atoms with Crippen LogP contribution in [-0.4, -0.2) is 0 Å². The van der Waals surface area contributed by atoms with Gasteiger partial charge in [-0.15, -0.1) is 0 Å². The Bertz CT molecular complexity index is 2780. The third kappa shape index (κ3) is 7.95. The highest BCUT2D eigenvalue weighted by atomic mass is 15.1. The SMILES string of the molecule is CC(C)(C)c1cc(-c2cc3c(c(-c4ccc(N(c5ccc(-c6ccc(C7CCCCC7)cc6)cc5)c5ccc6c(c5)C(C)(C)c5ccccc5-6)cc4)c2)CCCC3)cc(C(C)(C)C)c1. The molecule has 0 atom stereocenters. The summed E-state index contributed by atoms with van der Waals surface area (Å²) >= 11 is 0. The number of fused-ring (bicyclic) bond motifs is 4. The smallest absolute Gasteiger partial charge is 0.0465 e. The minimum Gasteiger partial charge on any atom is -0.310 e. The van der Waals surface area contributed by atoms with Gasteiger partial charge in [0.2, 0.25) is 0 Å². The first-order valence-electron chi connectivity index (χ1n) is 24.4. The first-order valence-corrected chi connectivity index (χ1v) is 24.4. The molecule has 1 saturated carbocycles. The van der Waals surface area contributed by atoms with Gasteiger partial charge in [-0.1, -0.05) is 178 Å². The predicted molar refractivity (Wildman–Crippen MR) is 275 cm³/mol. The van der Waals surface area contributed by atoms with Gasteiger partial charge in [0.05, 0.1) is 0 Å². The van der Waals surface area contributed by atoms with Gasteiger partial charge in [0.1, 0.15) is 0 Å². The molecule has 0 bridgehead atoms. The van der Waals surface area contributed by atoms with Crippen LogP contribution in [0.5, 0.6) is 0 Å². The van der Waals surface area contributed by atoms with E-state index in [2.05, 4.69) is 206 Å². The molecule has 1 fully saturated rings. The molecule has 64 heavy (non-hydrogen) atoms. The zero-order valence-electron chi connectivity index (χ0n) is 39.7. The van der Waals surface area contributed by atoms with E-state index in [0.717, 1.165) is 24.4 Å². The van der Waals surface area contributed by atoms with Gasteiger partial charge in [0.25, 0.3) is 0 Å². The van der Waals surface area contributed by atoms with Crippen LogP contribution in [0.25, 0.3) is 44.5 Å². The number of benzene rings is 7. The van der Waals surface area contributed by atoms with Gasteiger partial charge in [-0.2, -0.15) is 0 Å². The normalized spacial score (nSPS) is 15.9. The van der Waals surface area contributed by atoms with Crippen molar-refractivity contribution in [3.05, 3.63) is 185 Å². The van der Waals surface area contributed by atoms with Crippen LogP contribution in [0.3, 0.4) is 0 Å². The maximum Gasteiger partial charge on any atom is 0.0465 e. The third-order valence-electron chi connectivity index (χ3n) is 15.2. The Balaban J connectivity index is 1.05. The molecule has 1 heteroatoms. The Kier molecular flexibility index (Phi) is 10.8. The highest BCUT2D eigenvalue weighted by Crippen LogP contribution is 2.51. The third-order valence-corrected chi connectivity index (χ3v) is 15.2. The molecule has 0 aliphatic heterocycles. The van der Waals surface area contributed by atoms with Crippen molar-refractivity contribution in [2.45, 2.75) is 135 Å². The Labute approximate surface area is 384 Å². The van der Waals surface area contributed by atoms with Crippen LogP contribution in [0.4, 0.5) is 17.1 Å². The maximum atomic E-state index is 2.52. The molecule has 0 saturated heterocycles. The monoisotopic (exact) mass is 838 g/mol. The maximum absolute atomic E-state index is 2.52. The summed E-state index contributed by atoms with van der Waals surface area (Å²) in [6.07, 6.45) is 11.6. The van der Waals surface area contributed by atoms with Crippen LogP contribution < -0.4 is 4.90 Å². The van der Waals surface area contributed by atoms with Crippen molar-refractivity contribution in [1.29, 1.82) is 0 Å². The minimum absolute atomic E-state index is 0.0629. The predicted octanol–water partition coefficient (Wildman–Crippen LogP) is 18.0. The molecule has 3 aliphatic rings. The van der Waals surface area contributed by atoms with E-state index in [1.165, 1.54) is 140 Å². The summed E-state index contributed by atoms with van der Waals surface area (Å²) in [5.41, 5.74) is 24.3. The van der Waals surface area contributed by atoms with E-state index in [0.29, 0.717) is 0 Å². The summed E-state index contributed by atoms with van der Waals surface area (Å²) < 4.78 is 0. The second-order valence-electron chi connectivity index (χ2n) is 22.0. The lowest BCUT2D eigenvalue weighted by molar-refractivity contribution is 0.443. The van der Waals surface area contributed by atoms with Gasteiger partial charge in [0, 0.05) is 22.5 Å². The first kappa shape index (κ1) is 42.3. The minimum atomic E-state index is -0.0880. The Morgan fingerprint density at radius 2 is 0.984 bits per heavy atom. The summed E-state index contributed by atoms with van der Waals surface area (Å²) in [5.74, 6) is 0.719. The van der Waals surface area contributed by atoms with E-state index >= 15 is 0 Å². The molecule has 0 heterocycles. The molecule has 0 aromatic heterocycles. The van der Waals surface area contributed by atoms with Crippen molar-refractivity contribution in [2.24, 2.45) is 0 Å². The number of hydrogen-bond acceptors (Lipinski definition) is 1. The standard InChI is InChI=1S/C63H67N/c1-61(2,3)50-37-49(38-51(40-50)62(4,5)6)48-36-47-18-12-13-19-55(47)58(39-48)46-28-32-53(33-29-46)64(54-34-35-57-56-20-14-15-21-59(56)63(7,8)60(57)41-54)52-30-26-45(27-31-52)44-24-22-43(23-25-44)42-16-10-9-11-17-42/h14-15,20-42H,9-13,16-19H2,1-8H3. The fraction of sp³-hybridized carbons (Fsp3) is 0.333. The van der Waals surface area contributed by atoms with Crippen LogP contribution >= 0.6 is 0 Å². The summed E-state index contributed by atoms with van der Waals surface area (Å²) in [4.78, 5) is 2.47. The summed E-state index contributed by atoms with van der Waals surface area (Å²) in [7, 11) is 0. The largest absolute Gasteiger partial charge is 0.310 e. The number of hydrogen-bond donors (Lipinski definition) is 0. The highest BCUT2D eigenvalue weighted by Gasteiger charge is 2.36. The fourth-order valence-electron chi connectivity index (χ4n) is 11.2. The molecule has 0 spiro atoms. The number of aryl methyl sites for hydroxylation is 1. The molecule has 10 rings (SSSR count). The van der Waals surface area contributed by atoms with Gasteiger partial charge in [0.15, 0.2) is 0 Å². The summed E-state index contributed by atoms with van der Waals surface area (Å²) in [6.45, 7) is 18.8. The molecule has 0 N–H and O–H groups in total. The quantitative estimate of drug-likeness (QED) is 0.155. The number of nitrogens with zero attached hydrogens (tertiary/aromatic N) is 1. The molecule has 0 amide bonds. The lowest BCUT2D eigenvalue weighted by Crippen LogP contribution is -2.16. The molecule has 0 radical (unpaired) electrons. The van der Waals surface area contributed by atoms with Crippen molar-refractivity contribution < 1.29 is 0 Å². The molecule has 1 nitrogen and oxygen atoms in total. The zero-order valence-corrected chi connectivity index (χ0v) is 39.7. The number of anilines is 3. The highest BCUT2D eigenvalue weighted by molar-refractivity contribution is 5.87. The molecular formula is C63H67N. The van der Waals surface area contributed by atoms with Crippen LogP contribution in [-0.2, 0) is 29.1 Å². The fourth-order valence-corrected chi connectivity index (χ4v) is 11.2. The first-order chi connectivity index (χ1) is 30.7.